The van der Waals surface area contributed by atoms with Crippen LogP contribution in [0, 0.1) is 6.92 Å². The van der Waals surface area contributed by atoms with E-state index in [2.05, 4.69) is 15.3 Å². The maximum Gasteiger partial charge on any atom is 0.324 e. The van der Waals surface area contributed by atoms with Crippen molar-refractivity contribution in [1.29, 1.82) is 0 Å². The number of nitrogens with one attached hydrogen (secondary N) is 1. The number of likely N-dealkylation sites (tertiary alicyclic amines) is 1. The highest BCUT2D eigenvalue weighted by atomic mass is 32.1. The van der Waals surface area contributed by atoms with Crippen molar-refractivity contribution in [3.05, 3.63) is 47.8 Å². The van der Waals surface area contributed by atoms with Crippen molar-refractivity contribution in [2.45, 2.75) is 25.8 Å². The summed E-state index contributed by atoms with van der Waals surface area (Å²) in [6, 6.07) is 11.5. The third-order valence-corrected chi connectivity index (χ3v) is 5.51. The number of carbonyl (C=O) groups is 1. The molecule has 1 unspecified atom stereocenters. The second kappa shape index (κ2) is 6.92. The predicted octanol–water partition coefficient (Wildman–Crippen LogP) is 4.38. The van der Waals surface area contributed by atoms with Crippen LogP contribution in [0.4, 0.5) is 9.93 Å². The Bertz CT molecular complexity index is 956. The number of pyridine rings is 1. The number of ether oxygens (including phenoxy) is 1. The average Bonchev–Trinajstić information content (AvgIpc) is 3.27. The van der Waals surface area contributed by atoms with Crippen LogP contribution in [0.25, 0.3) is 10.2 Å². The van der Waals surface area contributed by atoms with Gasteiger partial charge in [-0.05, 0) is 50.1 Å². The molecule has 1 aromatic carbocycles. The van der Waals surface area contributed by atoms with E-state index in [1.54, 1.807) is 7.11 Å². The van der Waals surface area contributed by atoms with E-state index in [0.29, 0.717) is 5.13 Å². The molecule has 0 spiro atoms. The van der Waals surface area contributed by atoms with Crippen molar-refractivity contribution in [2.75, 3.05) is 19.0 Å². The average molecular weight is 368 g/mol. The summed E-state index contributed by atoms with van der Waals surface area (Å²) in [7, 11) is 1.64. The molecule has 1 aliphatic rings. The summed E-state index contributed by atoms with van der Waals surface area (Å²) in [5, 5.41) is 3.55. The SMILES string of the molecule is COc1ccc2nc(NC(=O)N3CCCC3c3cccc(C)n3)sc2c1. The van der Waals surface area contributed by atoms with Crippen molar-refractivity contribution in [3.8, 4) is 5.75 Å². The number of hydrogen-bond donors (Lipinski definition) is 1. The monoisotopic (exact) mass is 368 g/mol. The number of methoxy groups -OCH3 is 1. The molecule has 0 saturated carbocycles. The number of amides is 2. The fourth-order valence-electron chi connectivity index (χ4n) is 3.32. The number of thiazole rings is 1. The first-order chi connectivity index (χ1) is 12.6. The Balaban J connectivity index is 1.53. The van der Waals surface area contributed by atoms with E-state index in [0.717, 1.165) is 46.7 Å². The zero-order valence-corrected chi connectivity index (χ0v) is 15.5. The van der Waals surface area contributed by atoms with Gasteiger partial charge in [0.1, 0.15) is 5.75 Å². The van der Waals surface area contributed by atoms with Crippen molar-refractivity contribution in [3.63, 3.8) is 0 Å². The Hall–Kier alpha value is -2.67. The van der Waals surface area contributed by atoms with Gasteiger partial charge in [-0.2, -0.15) is 0 Å². The first kappa shape index (κ1) is 16.8. The van der Waals surface area contributed by atoms with Gasteiger partial charge in [0.15, 0.2) is 5.13 Å². The number of aryl methyl sites for hydroxylation is 1. The number of urea groups is 1. The third kappa shape index (κ3) is 3.22. The lowest BCUT2D eigenvalue weighted by Crippen LogP contribution is -2.34. The molecule has 1 N–H and O–H groups in total. The number of rotatable bonds is 3. The topological polar surface area (TPSA) is 67.3 Å². The molecule has 1 aliphatic heterocycles. The van der Waals surface area contributed by atoms with Crippen LogP contribution < -0.4 is 10.1 Å². The molecule has 6 nitrogen and oxygen atoms in total. The highest BCUT2D eigenvalue weighted by Crippen LogP contribution is 2.33. The summed E-state index contributed by atoms with van der Waals surface area (Å²) in [4.78, 5) is 23.8. The fraction of sp³-hybridized carbons (Fsp3) is 0.316. The minimum Gasteiger partial charge on any atom is -0.497 e. The molecule has 1 atom stereocenters. The number of anilines is 1. The van der Waals surface area contributed by atoms with Gasteiger partial charge in [0, 0.05) is 12.2 Å². The van der Waals surface area contributed by atoms with E-state index in [4.69, 9.17) is 4.74 Å². The van der Waals surface area contributed by atoms with Crippen LogP contribution in [-0.2, 0) is 0 Å². The summed E-state index contributed by atoms with van der Waals surface area (Å²) >= 11 is 1.45. The molecule has 3 aromatic rings. The van der Waals surface area contributed by atoms with Crippen LogP contribution in [0.2, 0.25) is 0 Å². The molecule has 2 aromatic heterocycles. The summed E-state index contributed by atoms with van der Waals surface area (Å²) < 4.78 is 6.23. The van der Waals surface area contributed by atoms with E-state index in [-0.39, 0.29) is 12.1 Å². The van der Waals surface area contributed by atoms with Gasteiger partial charge in [0.2, 0.25) is 0 Å². The molecule has 0 bridgehead atoms. The standard InChI is InChI=1S/C19H20N4O2S/c1-12-5-3-6-14(20-12)16-7-4-10-23(16)19(24)22-18-21-15-9-8-13(25-2)11-17(15)26-18/h3,5-6,8-9,11,16H,4,7,10H2,1-2H3,(H,21,22,24). The number of hydrogen-bond acceptors (Lipinski definition) is 5. The molecular formula is C19H20N4O2S. The summed E-state index contributed by atoms with van der Waals surface area (Å²) in [5.41, 5.74) is 2.77. The lowest BCUT2D eigenvalue weighted by atomic mass is 10.1. The highest BCUT2D eigenvalue weighted by molar-refractivity contribution is 7.22. The Labute approximate surface area is 155 Å². The van der Waals surface area contributed by atoms with Gasteiger partial charge in [0.05, 0.1) is 29.1 Å². The number of carbonyl (C=O) groups excluding carboxylic acids is 1. The van der Waals surface area contributed by atoms with E-state index in [1.165, 1.54) is 11.3 Å². The zero-order chi connectivity index (χ0) is 18.1. The minimum atomic E-state index is -0.123. The Morgan fingerprint density at radius 2 is 2.19 bits per heavy atom. The van der Waals surface area contributed by atoms with Gasteiger partial charge in [-0.1, -0.05) is 17.4 Å². The number of nitrogens with zero attached hydrogens (tertiary/aromatic N) is 3. The number of fused-ring (bicyclic) bond motifs is 1. The Kier molecular flexibility index (Phi) is 4.46. The molecule has 7 heteroatoms. The van der Waals surface area contributed by atoms with Gasteiger partial charge in [0.25, 0.3) is 0 Å². The number of benzene rings is 1. The Morgan fingerprint density at radius 1 is 1.31 bits per heavy atom. The quantitative estimate of drug-likeness (QED) is 0.745. The lowest BCUT2D eigenvalue weighted by molar-refractivity contribution is 0.206. The largest absolute Gasteiger partial charge is 0.497 e. The molecule has 1 saturated heterocycles. The minimum absolute atomic E-state index is 0.0179. The second-order valence-corrected chi connectivity index (χ2v) is 7.37. The van der Waals surface area contributed by atoms with Crippen LogP contribution in [0.1, 0.15) is 30.3 Å². The van der Waals surface area contributed by atoms with Gasteiger partial charge in [-0.15, -0.1) is 0 Å². The van der Waals surface area contributed by atoms with Crippen LogP contribution >= 0.6 is 11.3 Å². The van der Waals surface area contributed by atoms with Crippen LogP contribution in [0.5, 0.6) is 5.75 Å². The van der Waals surface area contributed by atoms with E-state index >= 15 is 0 Å². The van der Waals surface area contributed by atoms with Crippen LogP contribution in [-0.4, -0.2) is 34.6 Å². The van der Waals surface area contributed by atoms with Crippen molar-refractivity contribution in [2.24, 2.45) is 0 Å². The van der Waals surface area contributed by atoms with Crippen LogP contribution in [0.15, 0.2) is 36.4 Å². The predicted molar refractivity (Wildman–Crippen MR) is 103 cm³/mol. The molecule has 2 amide bonds. The fourth-order valence-corrected chi connectivity index (χ4v) is 4.20. The van der Waals surface area contributed by atoms with Gasteiger partial charge in [-0.25, -0.2) is 9.78 Å². The van der Waals surface area contributed by atoms with E-state index < -0.39 is 0 Å². The number of aromatic nitrogens is 2. The molecule has 26 heavy (non-hydrogen) atoms. The molecule has 134 valence electrons. The maximum absolute atomic E-state index is 12.8. The van der Waals surface area contributed by atoms with Crippen molar-refractivity contribution < 1.29 is 9.53 Å². The summed E-state index contributed by atoms with van der Waals surface area (Å²) in [6.07, 6.45) is 1.91. The van der Waals surface area contributed by atoms with E-state index in [9.17, 15) is 4.79 Å². The second-order valence-electron chi connectivity index (χ2n) is 6.34. The first-order valence-corrected chi connectivity index (χ1v) is 9.41. The van der Waals surface area contributed by atoms with E-state index in [1.807, 2.05) is 48.2 Å². The first-order valence-electron chi connectivity index (χ1n) is 8.60. The van der Waals surface area contributed by atoms with Gasteiger partial charge in [-0.3, -0.25) is 10.3 Å². The molecule has 0 aliphatic carbocycles. The summed E-state index contributed by atoms with van der Waals surface area (Å²) in [6.45, 7) is 2.70. The van der Waals surface area contributed by atoms with Gasteiger partial charge >= 0.3 is 6.03 Å². The highest BCUT2D eigenvalue weighted by Gasteiger charge is 2.31. The smallest absolute Gasteiger partial charge is 0.324 e. The molecule has 3 heterocycles. The zero-order valence-electron chi connectivity index (χ0n) is 14.7. The van der Waals surface area contributed by atoms with Crippen molar-refractivity contribution in [1.82, 2.24) is 14.9 Å². The van der Waals surface area contributed by atoms with Crippen molar-refractivity contribution >= 4 is 32.7 Å². The lowest BCUT2D eigenvalue weighted by Gasteiger charge is -2.24. The maximum atomic E-state index is 12.8. The third-order valence-electron chi connectivity index (χ3n) is 4.57. The molecule has 1 fully saturated rings. The molecule has 4 rings (SSSR count). The Morgan fingerprint density at radius 3 is 3.00 bits per heavy atom. The van der Waals surface area contributed by atoms with Gasteiger partial charge < -0.3 is 9.64 Å². The summed E-state index contributed by atoms with van der Waals surface area (Å²) in [5.74, 6) is 0.782. The molecular weight excluding hydrogens is 348 g/mol. The normalized spacial score (nSPS) is 16.8. The van der Waals surface area contributed by atoms with Crippen LogP contribution in [0.3, 0.4) is 0 Å². The molecule has 0 radical (unpaired) electrons.